The van der Waals surface area contributed by atoms with E-state index in [2.05, 4.69) is 0 Å². The van der Waals surface area contributed by atoms with Crippen molar-refractivity contribution in [2.75, 3.05) is 19.8 Å². The standard InChI is InChI=1S/C20H20F2NO9P/c21-12-2-1-11(13(5-12)20-27-3-4-28-20)9-29-33(26)30-10-17-16(32-33)7-19(31-17)23-8-14(22)15(24)6-18(23)25/h1-2,5,8,16-17,19-20H,3-4,6-7,9-10H2/t16-,17+,19+,33?/m0/s1. The molecule has 3 saturated heterocycles. The van der Waals surface area contributed by atoms with Gasteiger partial charge in [0.15, 0.2) is 12.1 Å². The first-order valence-corrected chi connectivity index (χ1v) is 11.7. The zero-order chi connectivity index (χ0) is 23.2. The van der Waals surface area contributed by atoms with E-state index in [0.717, 1.165) is 11.1 Å². The molecule has 33 heavy (non-hydrogen) atoms. The van der Waals surface area contributed by atoms with Gasteiger partial charge in [-0.2, -0.15) is 0 Å². The number of fused-ring (bicyclic) bond motifs is 1. The summed E-state index contributed by atoms with van der Waals surface area (Å²) in [5, 5.41) is 0. The molecular weight excluding hydrogens is 467 g/mol. The summed E-state index contributed by atoms with van der Waals surface area (Å²) >= 11 is 0. The Bertz CT molecular complexity index is 1040. The van der Waals surface area contributed by atoms with Crippen LogP contribution in [-0.2, 0) is 48.5 Å². The molecule has 1 amide bonds. The molecule has 0 N–H and O–H groups in total. The van der Waals surface area contributed by atoms with E-state index >= 15 is 0 Å². The summed E-state index contributed by atoms with van der Waals surface area (Å²) in [5.74, 6) is -3.02. The lowest BCUT2D eigenvalue weighted by atomic mass is 10.1. The molecule has 1 aromatic carbocycles. The maximum Gasteiger partial charge on any atom is 0.475 e. The summed E-state index contributed by atoms with van der Waals surface area (Å²) in [4.78, 5) is 24.5. The van der Waals surface area contributed by atoms with Crippen molar-refractivity contribution in [1.82, 2.24) is 4.90 Å². The summed E-state index contributed by atoms with van der Waals surface area (Å²) < 4.78 is 73.3. The largest absolute Gasteiger partial charge is 0.475 e. The number of carbonyl (C=O) groups is 2. The smallest absolute Gasteiger partial charge is 0.349 e. The van der Waals surface area contributed by atoms with Crippen molar-refractivity contribution in [3.05, 3.63) is 47.2 Å². The molecule has 13 heteroatoms. The number of halogens is 2. The molecule has 178 valence electrons. The second-order valence-corrected chi connectivity index (χ2v) is 9.44. The lowest BCUT2D eigenvalue weighted by Crippen LogP contribution is -2.40. The van der Waals surface area contributed by atoms with E-state index in [4.69, 9.17) is 27.8 Å². The second kappa shape index (κ2) is 8.95. The molecule has 0 radical (unpaired) electrons. The highest BCUT2D eigenvalue weighted by Gasteiger charge is 2.49. The van der Waals surface area contributed by atoms with Gasteiger partial charge in [0, 0.05) is 18.2 Å². The van der Waals surface area contributed by atoms with E-state index in [1.54, 1.807) is 0 Å². The van der Waals surface area contributed by atoms with Gasteiger partial charge in [0.05, 0.1) is 32.8 Å². The molecule has 0 saturated carbocycles. The van der Waals surface area contributed by atoms with E-state index < -0.39 is 62.3 Å². The number of phosphoric ester groups is 1. The normalized spacial score (nSPS) is 32.8. The summed E-state index contributed by atoms with van der Waals surface area (Å²) in [6.07, 6.45) is -2.78. The molecule has 1 aromatic rings. The van der Waals surface area contributed by atoms with Crippen molar-refractivity contribution in [3.8, 4) is 0 Å². The van der Waals surface area contributed by atoms with Gasteiger partial charge < -0.3 is 14.2 Å². The third-order valence-electron chi connectivity index (χ3n) is 5.63. The lowest BCUT2D eigenvalue weighted by Gasteiger charge is -2.30. The van der Waals surface area contributed by atoms with Crippen LogP contribution in [-0.4, -0.2) is 54.8 Å². The van der Waals surface area contributed by atoms with E-state index in [-0.39, 0.29) is 19.6 Å². The van der Waals surface area contributed by atoms with Crippen LogP contribution in [0, 0.1) is 5.82 Å². The topological polar surface area (TPSA) is 110 Å². The number of Topliss-reactive ketones (excluding diaryl/α,β-unsaturated/α-hetero) is 1. The Morgan fingerprint density at radius 1 is 1.15 bits per heavy atom. The summed E-state index contributed by atoms with van der Waals surface area (Å²) in [6, 6.07) is 3.95. The van der Waals surface area contributed by atoms with Crippen molar-refractivity contribution < 1.29 is 50.7 Å². The minimum absolute atomic E-state index is 0.0800. The highest BCUT2D eigenvalue weighted by atomic mass is 31.2. The predicted molar refractivity (Wildman–Crippen MR) is 103 cm³/mol. The molecule has 0 aromatic heterocycles. The number of allylic oxidation sites excluding steroid dienone is 1. The minimum atomic E-state index is -4.02. The van der Waals surface area contributed by atoms with Crippen LogP contribution >= 0.6 is 7.82 Å². The van der Waals surface area contributed by atoms with E-state index in [9.17, 15) is 22.9 Å². The highest BCUT2D eigenvalue weighted by molar-refractivity contribution is 7.48. The number of hydrogen-bond acceptors (Lipinski definition) is 9. The molecule has 4 aliphatic rings. The van der Waals surface area contributed by atoms with Crippen molar-refractivity contribution in [2.45, 2.75) is 44.2 Å². The number of phosphoric acid groups is 1. The number of rotatable bonds is 5. The zero-order valence-electron chi connectivity index (χ0n) is 17.2. The lowest BCUT2D eigenvalue weighted by molar-refractivity contribution is -0.146. The summed E-state index contributed by atoms with van der Waals surface area (Å²) in [6.45, 7) is 0.363. The van der Waals surface area contributed by atoms with Gasteiger partial charge in [-0.15, -0.1) is 0 Å². The summed E-state index contributed by atoms with van der Waals surface area (Å²) in [7, 11) is -4.02. The van der Waals surface area contributed by atoms with Crippen molar-refractivity contribution in [3.63, 3.8) is 0 Å². The first-order valence-electron chi connectivity index (χ1n) is 10.3. The fraction of sp³-hybridized carbons (Fsp3) is 0.500. The number of ether oxygens (including phenoxy) is 3. The molecule has 5 rings (SSSR count). The van der Waals surface area contributed by atoms with Crippen LogP contribution < -0.4 is 0 Å². The zero-order valence-corrected chi connectivity index (χ0v) is 18.1. The number of hydrogen-bond donors (Lipinski definition) is 0. The molecule has 1 unspecified atom stereocenters. The maximum atomic E-state index is 13.7. The third kappa shape index (κ3) is 4.65. The second-order valence-electron chi connectivity index (χ2n) is 7.82. The van der Waals surface area contributed by atoms with Gasteiger partial charge in [-0.25, -0.2) is 13.3 Å². The van der Waals surface area contributed by atoms with Crippen LogP contribution in [0.2, 0.25) is 0 Å². The Hall–Kier alpha value is -2.05. The van der Waals surface area contributed by atoms with E-state index in [0.29, 0.717) is 24.3 Å². The van der Waals surface area contributed by atoms with Crippen molar-refractivity contribution >= 4 is 19.5 Å². The molecular formula is C20H20F2NO9P. The minimum Gasteiger partial charge on any atom is -0.349 e. The maximum absolute atomic E-state index is 13.7. The van der Waals surface area contributed by atoms with Gasteiger partial charge >= 0.3 is 7.82 Å². The number of nitrogens with zero attached hydrogens (tertiary/aromatic N) is 1. The number of ketones is 1. The SMILES string of the molecule is O=C1CC(=O)N([C@H]2C[C@@H]3OP(=O)(OCc4ccc(F)cc4C4OCCO4)OC[C@H]3O2)C=C1F. The van der Waals surface area contributed by atoms with Crippen molar-refractivity contribution in [2.24, 2.45) is 0 Å². The quantitative estimate of drug-likeness (QED) is 0.457. The van der Waals surface area contributed by atoms with Gasteiger partial charge in [-0.3, -0.25) is 28.1 Å². The van der Waals surface area contributed by atoms with Gasteiger partial charge in [-0.1, -0.05) is 6.07 Å². The Balaban J connectivity index is 1.24. The average molecular weight is 487 g/mol. The van der Waals surface area contributed by atoms with Crippen LogP contribution in [0.1, 0.15) is 30.3 Å². The fourth-order valence-electron chi connectivity index (χ4n) is 3.99. The number of benzene rings is 1. The van der Waals surface area contributed by atoms with Gasteiger partial charge in [0.25, 0.3) is 0 Å². The molecule has 0 spiro atoms. The van der Waals surface area contributed by atoms with Crippen molar-refractivity contribution in [1.29, 1.82) is 0 Å². The van der Waals surface area contributed by atoms with Crippen LogP contribution in [0.4, 0.5) is 8.78 Å². The molecule has 4 atom stereocenters. The number of carbonyl (C=O) groups excluding carboxylic acids is 2. The molecule has 4 heterocycles. The van der Waals surface area contributed by atoms with Crippen LogP contribution in [0.5, 0.6) is 0 Å². The summed E-state index contributed by atoms with van der Waals surface area (Å²) in [5.41, 5.74) is 0.891. The van der Waals surface area contributed by atoms with Crippen LogP contribution in [0.3, 0.4) is 0 Å². The molecule has 0 aliphatic carbocycles. The fourth-order valence-corrected chi connectivity index (χ4v) is 5.36. The molecule has 0 bridgehead atoms. The van der Waals surface area contributed by atoms with E-state index in [1.165, 1.54) is 18.2 Å². The first-order chi connectivity index (χ1) is 15.8. The highest BCUT2D eigenvalue weighted by Crippen LogP contribution is 2.56. The van der Waals surface area contributed by atoms with Gasteiger partial charge in [-0.05, 0) is 17.7 Å². The first kappa shape index (κ1) is 22.7. The predicted octanol–water partition coefficient (Wildman–Crippen LogP) is 2.64. The Kier molecular flexibility index (Phi) is 6.17. The molecule has 10 nitrogen and oxygen atoms in total. The van der Waals surface area contributed by atoms with Crippen LogP contribution in [0.15, 0.2) is 30.2 Å². The monoisotopic (exact) mass is 487 g/mol. The van der Waals surface area contributed by atoms with Crippen LogP contribution in [0.25, 0.3) is 0 Å². The average Bonchev–Trinajstić information content (AvgIpc) is 3.45. The molecule has 4 aliphatic heterocycles. The number of amides is 1. The van der Waals surface area contributed by atoms with Gasteiger partial charge in [0.1, 0.15) is 24.3 Å². The Labute approximate surface area is 186 Å². The van der Waals surface area contributed by atoms with E-state index in [1.807, 2.05) is 0 Å². The third-order valence-corrected chi connectivity index (χ3v) is 7.07. The van der Waals surface area contributed by atoms with Gasteiger partial charge in [0.2, 0.25) is 11.7 Å². The molecule has 3 fully saturated rings. The Morgan fingerprint density at radius 3 is 2.73 bits per heavy atom. The Morgan fingerprint density at radius 2 is 1.94 bits per heavy atom.